The van der Waals surface area contributed by atoms with E-state index >= 15 is 0 Å². The smallest absolute Gasteiger partial charge is 0.243 e. The third-order valence-corrected chi connectivity index (χ3v) is 5.92. The van der Waals surface area contributed by atoms with Crippen LogP contribution in [0.25, 0.3) is 0 Å². The molecule has 0 unspecified atom stereocenters. The van der Waals surface area contributed by atoms with Gasteiger partial charge in [-0.05, 0) is 26.0 Å². The number of carbonyl (C=O) groups excluding carboxylic acids is 1. The first-order valence-electron chi connectivity index (χ1n) is 7.15. The molecule has 0 N–H and O–H groups in total. The lowest BCUT2D eigenvalue weighted by molar-refractivity contribution is -0.122. The van der Waals surface area contributed by atoms with E-state index in [-0.39, 0.29) is 22.6 Å². The molecule has 2 rings (SSSR count). The number of sulfonamides is 1. The molecule has 21 heavy (non-hydrogen) atoms. The summed E-state index contributed by atoms with van der Waals surface area (Å²) >= 11 is 0. The van der Waals surface area contributed by atoms with Crippen molar-refractivity contribution in [2.45, 2.75) is 38.1 Å². The highest BCUT2D eigenvalue weighted by Gasteiger charge is 2.36. The van der Waals surface area contributed by atoms with Gasteiger partial charge in [0.2, 0.25) is 10.0 Å². The summed E-state index contributed by atoms with van der Waals surface area (Å²) in [5, 5.41) is 0. The molecule has 0 bridgehead atoms. The second-order valence-corrected chi connectivity index (χ2v) is 7.29. The van der Waals surface area contributed by atoms with Gasteiger partial charge in [0.15, 0.2) is 0 Å². The SMILES string of the molecule is CCC(=O)[C@H]1C=CCN(S(=O)(=O)c2ccc(C)cc2)[C@@H]1C. The Morgan fingerprint density at radius 2 is 1.90 bits per heavy atom. The maximum atomic E-state index is 12.7. The fourth-order valence-corrected chi connectivity index (χ4v) is 4.19. The lowest BCUT2D eigenvalue weighted by Crippen LogP contribution is -2.46. The monoisotopic (exact) mass is 307 g/mol. The van der Waals surface area contributed by atoms with E-state index in [9.17, 15) is 13.2 Å². The van der Waals surface area contributed by atoms with Crippen LogP contribution in [0.4, 0.5) is 0 Å². The van der Waals surface area contributed by atoms with Crippen LogP contribution in [-0.4, -0.2) is 31.1 Å². The van der Waals surface area contributed by atoms with Crippen molar-refractivity contribution in [3.8, 4) is 0 Å². The van der Waals surface area contributed by atoms with E-state index < -0.39 is 10.0 Å². The van der Waals surface area contributed by atoms with Gasteiger partial charge < -0.3 is 0 Å². The Morgan fingerprint density at radius 3 is 2.48 bits per heavy atom. The summed E-state index contributed by atoms with van der Waals surface area (Å²) in [5.74, 6) is -0.286. The van der Waals surface area contributed by atoms with E-state index in [1.54, 1.807) is 44.2 Å². The van der Waals surface area contributed by atoms with Crippen LogP contribution >= 0.6 is 0 Å². The quantitative estimate of drug-likeness (QED) is 0.803. The molecule has 4 nitrogen and oxygen atoms in total. The Hall–Kier alpha value is -1.46. The molecule has 0 saturated heterocycles. The fraction of sp³-hybridized carbons (Fsp3) is 0.438. The second kappa shape index (κ2) is 6.12. The summed E-state index contributed by atoms with van der Waals surface area (Å²) in [6.45, 7) is 5.83. The van der Waals surface area contributed by atoms with Crippen molar-refractivity contribution in [2.75, 3.05) is 6.54 Å². The molecule has 5 heteroatoms. The summed E-state index contributed by atoms with van der Waals surface area (Å²) in [5.41, 5.74) is 1.01. The van der Waals surface area contributed by atoms with Gasteiger partial charge in [-0.2, -0.15) is 4.31 Å². The molecule has 0 aromatic heterocycles. The highest BCUT2D eigenvalue weighted by Crippen LogP contribution is 2.26. The number of carbonyl (C=O) groups is 1. The maximum absolute atomic E-state index is 12.7. The Kier molecular flexibility index (Phi) is 4.64. The van der Waals surface area contributed by atoms with Gasteiger partial charge in [-0.25, -0.2) is 8.42 Å². The van der Waals surface area contributed by atoms with Crippen LogP contribution in [0.3, 0.4) is 0 Å². The number of nitrogens with zero attached hydrogens (tertiary/aromatic N) is 1. The van der Waals surface area contributed by atoms with E-state index in [1.807, 2.05) is 13.0 Å². The second-order valence-electron chi connectivity index (χ2n) is 5.40. The molecule has 0 amide bonds. The molecule has 1 heterocycles. The first-order chi connectivity index (χ1) is 9.87. The van der Waals surface area contributed by atoms with E-state index in [4.69, 9.17) is 0 Å². The number of ketones is 1. The molecule has 1 aromatic rings. The minimum absolute atomic E-state index is 0.0718. The normalized spacial score (nSPS) is 23.2. The average Bonchev–Trinajstić information content (AvgIpc) is 2.47. The van der Waals surface area contributed by atoms with E-state index in [1.165, 1.54) is 4.31 Å². The van der Waals surface area contributed by atoms with Crippen LogP contribution < -0.4 is 0 Å². The third-order valence-electron chi connectivity index (χ3n) is 3.95. The molecule has 0 saturated carbocycles. The zero-order valence-electron chi connectivity index (χ0n) is 12.6. The molecule has 1 aliphatic rings. The van der Waals surface area contributed by atoms with Crippen LogP contribution in [0.15, 0.2) is 41.3 Å². The zero-order chi connectivity index (χ0) is 15.6. The van der Waals surface area contributed by atoms with E-state index in [2.05, 4.69) is 0 Å². The van der Waals surface area contributed by atoms with Crippen molar-refractivity contribution in [1.82, 2.24) is 4.31 Å². The lowest BCUT2D eigenvalue weighted by atomic mass is 9.92. The van der Waals surface area contributed by atoms with Crippen LogP contribution in [0, 0.1) is 12.8 Å². The van der Waals surface area contributed by atoms with E-state index in [0.29, 0.717) is 13.0 Å². The molecule has 2 atom stereocenters. The Balaban J connectivity index is 2.34. The maximum Gasteiger partial charge on any atom is 0.243 e. The van der Waals surface area contributed by atoms with Crippen molar-refractivity contribution in [1.29, 1.82) is 0 Å². The molecule has 1 aliphatic heterocycles. The zero-order valence-corrected chi connectivity index (χ0v) is 13.4. The van der Waals surface area contributed by atoms with Crippen LogP contribution in [0.2, 0.25) is 0 Å². The van der Waals surface area contributed by atoms with Gasteiger partial charge in [0.25, 0.3) is 0 Å². The molecule has 0 radical (unpaired) electrons. The largest absolute Gasteiger partial charge is 0.299 e. The first kappa shape index (κ1) is 15.9. The molecule has 1 aromatic carbocycles. The number of aryl methyl sites for hydroxylation is 1. The van der Waals surface area contributed by atoms with Crippen molar-refractivity contribution in [2.24, 2.45) is 5.92 Å². The molecule has 0 aliphatic carbocycles. The van der Waals surface area contributed by atoms with Crippen molar-refractivity contribution in [3.63, 3.8) is 0 Å². The summed E-state index contributed by atoms with van der Waals surface area (Å²) in [6.07, 6.45) is 4.01. The van der Waals surface area contributed by atoms with Gasteiger partial charge in [-0.1, -0.05) is 36.8 Å². The van der Waals surface area contributed by atoms with E-state index in [0.717, 1.165) is 5.56 Å². The predicted octanol–water partition coefficient (Wildman–Crippen LogP) is 2.54. The summed E-state index contributed by atoms with van der Waals surface area (Å²) in [6, 6.07) is 6.45. The van der Waals surface area contributed by atoms with Gasteiger partial charge in [0.05, 0.1) is 10.8 Å². The Labute approximate surface area is 126 Å². The number of benzene rings is 1. The first-order valence-corrected chi connectivity index (χ1v) is 8.59. The van der Waals surface area contributed by atoms with Gasteiger partial charge in [0, 0.05) is 19.0 Å². The van der Waals surface area contributed by atoms with Crippen molar-refractivity contribution < 1.29 is 13.2 Å². The lowest BCUT2D eigenvalue weighted by Gasteiger charge is -2.34. The molecule has 0 spiro atoms. The third kappa shape index (κ3) is 3.09. The van der Waals surface area contributed by atoms with Gasteiger partial charge >= 0.3 is 0 Å². The van der Waals surface area contributed by atoms with Crippen molar-refractivity contribution >= 4 is 15.8 Å². The number of hydrogen-bond donors (Lipinski definition) is 0. The molecular formula is C16H21NO3S. The summed E-state index contributed by atoms with van der Waals surface area (Å²) < 4.78 is 26.9. The fourth-order valence-electron chi connectivity index (χ4n) is 2.59. The number of hydrogen-bond acceptors (Lipinski definition) is 3. The molecule has 114 valence electrons. The van der Waals surface area contributed by atoms with Gasteiger partial charge in [0.1, 0.15) is 5.78 Å². The van der Waals surface area contributed by atoms with Crippen molar-refractivity contribution in [3.05, 3.63) is 42.0 Å². The standard InChI is InChI=1S/C16H21NO3S/c1-4-16(18)15-6-5-11-17(13(15)3)21(19,20)14-9-7-12(2)8-10-14/h5-10,13,15H,4,11H2,1-3H3/t13-,15+/m1/s1. The highest BCUT2D eigenvalue weighted by atomic mass is 32.2. The highest BCUT2D eigenvalue weighted by molar-refractivity contribution is 7.89. The number of rotatable bonds is 4. The summed E-state index contributed by atoms with van der Waals surface area (Å²) in [7, 11) is -3.57. The molecule has 0 fully saturated rings. The average molecular weight is 307 g/mol. The van der Waals surface area contributed by atoms with Crippen LogP contribution in [0.1, 0.15) is 25.8 Å². The summed E-state index contributed by atoms with van der Waals surface area (Å²) in [4.78, 5) is 12.2. The molecular weight excluding hydrogens is 286 g/mol. The number of Topliss-reactive ketones (excluding diaryl/α,β-unsaturated/α-hetero) is 1. The van der Waals surface area contributed by atoms with Gasteiger partial charge in [-0.15, -0.1) is 0 Å². The minimum atomic E-state index is -3.57. The van der Waals surface area contributed by atoms with Crippen LogP contribution in [0.5, 0.6) is 0 Å². The minimum Gasteiger partial charge on any atom is -0.299 e. The van der Waals surface area contributed by atoms with Gasteiger partial charge in [-0.3, -0.25) is 4.79 Å². The Bertz CT molecular complexity index is 647. The predicted molar refractivity (Wildman–Crippen MR) is 82.5 cm³/mol. The topological polar surface area (TPSA) is 54.5 Å². The van der Waals surface area contributed by atoms with Crippen LogP contribution in [-0.2, 0) is 14.8 Å². The Morgan fingerprint density at radius 1 is 1.29 bits per heavy atom.